The summed E-state index contributed by atoms with van der Waals surface area (Å²) >= 11 is 0. The van der Waals surface area contributed by atoms with Crippen molar-refractivity contribution in [2.75, 3.05) is 31.6 Å². The smallest absolute Gasteiger partial charge is 0.269 e. The van der Waals surface area contributed by atoms with E-state index in [1.54, 1.807) is 18.2 Å². The van der Waals surface area contributed by atoms with Crippen molar-refractivity contribution in [3.63, 3.8) is 0 Å². The number of aromatic nitrogens is 1. The van der Waals surface area contributed by atoms with Gasteiger partial charge in [0.1, 0.15) is 11.5 Å². The van der Waals surface area contributed by atoms with E-state index in [2.05, 4.69) is 27.6 Å². The molecule has 1 saturated heterocycles. The molecular formula is C13H21N5O. The second kappa shape index (κ2) is 6.49. The molecule has 1 aromatic heterocycles. The quantitative estimate of drug-likeness (QED) is 0.530. The lowest BCUT2D eigenvalue weighted by Gasteiger charge is -2.13. The first-order valence-corrected chi connectivity index (χ1v) is 6.67. The lowest BCUT2D eigenvalue weighted by atomic mass is 10.1. The lowest BCUT2D eigenvalue weighted by molar-refractivity contribution is 0.0942. The van der Waals surface area contributed by atoms with Crippen LogP contribution in [0.2, 0.25) is 0 Å². The molecule has 0 aliphatic carbocycles. The summed E-state index contributed by atoms with van der Waals surface area (Å²) in [5, 5.41) is 2.94. The van der Waals surface area contributed by atoms with Crippen LogP contribution in [0.15, 0.2) is 18.2 Å². The molecule has 104 valence electrons. The van der Waals surface area contributed by atoms with Gasteiger partial charge in [0.05, 0.1) is 0 Å². The fourth-order valence-electron chi connectivity index (χ4n) is 2.34. The molecule has 0 bridgehead atoms. The van der Waals surface area contributed by atoms with Crippen LogP contribution in [0.5, 0.6) is 0 Å². The van der Waals surface area contributed by atoms with Crippen molar-refractivity contribution in [1.29, 1.82) is 0 Å². The zero-order valence-electron chi connectivity index (χ0n) is 11.2. The Hall–Kier alpha value is -1.66. The van der Waals surface area contributed by atoms with Crippen molar-refractivity contribution in [3.8, 4) is 0 Å². The number of amides is 1. The summed E-state index contributed by atoms with van der Waals surface area (Å²) in [5.41, 5.74) is 2.82. The number of anilines is 1. The molecule has 0 aromatic carbocycles. The summed E-state index contributed by atoms with van der Waals surface area (Å²) in [4.78, 5) is 18.5. The summed E-state index contributed by atoms with van der Waals surface area (Å²) in [6.07, 6.45) is 1.14. The third kappa shape index (κ3) is 3.65. The molecule has 2 rings (SSSR count). The van der Waals surface area contributed by atoms with E-state index in [1.165, 1.54) is 0 Å². The average molecular weight is 263 g/mol. The molecule has 0 saturated carbocycles. The number of nitrogens with zero attached hydrogens (tertiary/aromatic N) is 2. The van der Waals surface area contributed by atoms with Gasteiger partial charge in [0.15, 0.2) is 0 Å². The van der Waals surface area contributed by atoms with Crippen molar-refractivity contribution in [1.82, 2.24) is 15.2 Å². The molecule has 1 fully saturated rings. The molecule has 1 aliphatic rings. The zero-order valence-corrected chi connectivity index (χ0v) is 11.2. The summed E-state index contributed by atoms with van der Waals surface area (Å²) < 4.78 is 0. The van der Waals surface area contributed by atoms with E-state index in [-0.39, 0.29) is 5.91 Å². The predicted molar refractivity (Wildman–Crippen MR) is 74.6 cm³/mol. The number of hydrogen-bond acceptors (Lipinski definition) is 5. The molecular weight excluding hydrogens is 242 g/mol. The maximum Gasteiger partial charge on any atom is 0.269 e. The largest absolute Gasteiger partial charge is 0.350 e. The van der Waals surface area contributed by atoms with E-state index < -0.39 is 0 Å². The molecule has 6 nitrogen and oxygen atoms in total. The molecule has 4 N–H and O–H groups in total. The van der Waals surface area contributed by atoms with Gasteiger partial charge in [0.25, 0.3) is 5.91 Å². The SMILES string of the molecule is CCN1CCC(CNC(=O)c2cccc(NN)n2)C1. The third-order valence-corrected chi connectivity index (χ3v) is 3.50. The van der Waals surface area contributed by atoms with Crippen LogP contribution < -0.4 is 16.6 Å². The number of carbonyl (C=O) groups excluding carboxylic acids is 1. The Morgan fingerprint density at radius 1 is 1.58 bits per heavy atom. The van der Waals surface area contributed by atoms with E-state index in [4.69, 9.17) is 5.84 Å². The monoisotopic (exact) mass is 263 g/mol. The Morgan fingerprint density at radius 3 is 3.11 bits per heavy atom. The fraction of sp³-hybridized carbons (Fsp3) is 0.538. The molecule has 2 heterocycles. The maximum absolute atomic E-state index is 12.0. The fourth-order valence-corrected chi connectivity index (χ4v) is 2.34. The van der Waals surface area contributed by atoms with Gasteiger partial charge in [-0.25, -0.2) is 10.8 Å². The van der Waals surface area contributed by atoms with Crippen LogP contribution in [0, 0.1) is 5.92 Å². The Kier molecular flexibility index (Phi) is 4.70. The van der Waals surface area contributed by atoms with Crippen LogP contribution in [-0.4, -0.2) is 42.0 Å². The third-order valence-electron chi connectivity index (χ3n) is 3.50. The first-order chi connectivity index (χ1) is 9.22. The molecule has 1 aromatic rings. The van der Waals surface area contributed by atoms with E-state index in [1.807, 2.05) is 0 Å². The summed E-state index contributed by atoms with van der Waals surface area (Å²) in [7, 11) is 0. The Morgan fingerprint density at radius 2 is 2.42 bits per heavy atom. The standard InChI is InChI=1S/C13H21N5O/c1-2-18-7-6-10(9-18)8-15-13(19)11-4-3-5-12(16-11)17-14/h3-5,10H,2,6-9,14H2,1H3,(H,15,19)(H,16,17). The number of hydrogen-bond donors (Lipinski definition) is 3. The minimum atomic E-state index is -0.146. The Labute approximate surface area is 113 Å². The molecule has 1 aliphatic heterocycles. The number of carbonyl (C=O) groups is 1. The number of rotatable bonds is 5. The average Bonchev–Trinajstić information content (AvgIpc) is 2.93. The van der Waals surface area contributed by atoms with Gasteiger partial charge >= 0.3 is 0 Å². The highest BCUT2D eigenvalue weighted by molar-refractivity contribution is 5.92. The minimum Gasteiger partial charge on any atom is -0.350 e. The second-order valence-electron chi connectivity index (χ2n) is 4.81. The highest BCUT2D eigenvalue weighted by Crippen LogP contribution is 2.14. The van der Waals surface area contributed by atoms with Gasteiger partial charge in [0, 0.05) is 13.1 Å². The van der Waals surface area contributed by atoms with Crippen molar-refractivity contribution < 1.29 is 4.79 Å². The molecule has 6 heteroatoms. The van der Waals surface area contributed by atoms with Gasteiger partial charge in [-0.05, 0) is 37.6 Å². The number of nitrogens with two attached hydrogens (primary N) is 1. The van der Waals surface area contributed by atoms with Crippen LogP contribution in [0.4, 0.5) is 5.82 Å². The molecule has 0 spiro atoms. The van der Waals surface area contributed by atoms with E-state index >= 15 is 0 Å². The number of pyridine rings is 1. The summed E-state index contributed by atoms with van der Waals surface area (Å²) in [6, 6.07) is 5.15. The maximum atomic E-state index is 12.0. The van der Waals surface area contributed by atoms with E-state index in [0.717, 1.165) is 26.1 Å². The van der Waals surface area contributed by atoms with Crippen LogP contribution in [0.1, 0.15) is 23.8 Å². The normalized spacial score (nSPS) is 19.4. The van der Waals surface area contributed by atoms with Crippen LogP contribution in [-0.2, 0) is 0 Å². The first-order valence-electron chi connectivity index (χ1n) is 6.67. The lowest BCUT2D eigenvalue weighted by Crippen LogP contribution is -2.31. The van der Waals surface area contributed by atoms with Crippen molar-refractivity contribution >= 4 is 11.7 Å². The summed E-state index contributed by atoms with van der Waals surface area (Å²) in [6.45, 7) is 6.14. The number of nitrogen functional groups attached to an aromatic ring is 1. The van der Waals surface area contributed by atoms with Gasteiger partial charge in [-0.2, -0.15) is 0 Å². The molecule has 19 heavy (non-hydrogen) atoms. The van der Waals surface area contributed by atoms with Gasteiger partial charge in [-0.15, -0.1) is 0 Å². The van der Waals surface area contributed by atoms with Crippen LogP contribution >= 0.6 is 0 Å². The topological polar surface area (TPSA) is 83.3 Å². The molecule has 0 radical (unpaired) electrons. The number of hydrazine groups is 1. The second-order valence-corrected chi connectivity index (χ2v) is 4.81. The van der Waals surface area contributed by atoms with Crippen molar-refractivity contribution in [2.24, 2.45) is 11.8 Å². The number of nitrogens with one attached hydrogen (secondary N) is 2. The summed E-state index contributed by atoms with van der Waals surface area (Å²) in [5.74, 6) is 6.16. The van der Waals surface area contributed by atoms with Gasteiger partial charge in [-0.1, -0.05) is 13.0 Å². The van der Waals surface area contributed by atoms with E-state index in [9.17, 15) is 4.79 Å². The molecule has 1 unspecified atom stereocenters. The van der Waals surface area contributed by atoms with Crippen molar-refractivity contribution in [2.45, 2.75) is 13.3 Å². The molecule has 1 atom stereocenters. The highest BCUT2D eigenvalue weighted by atomic mass is 16.1. The predicted octanol–water partition coefficient (Wildman–Crippen LogP) is 0.439. The van der Waals surface area contributed by atoms with Crippen LogP contribution in [0.25, 0.3) is 0 Å². The Bertz CT molecular complexity index is 437. The molecule has 1 amide bonds. The van der Waals surface area contributed by atoms with Gasteiger partial charge < -0.3 is 15.6 Å². The minimum absolute atomic E-state index is 0.146. The van der Waals surface area contributed by atoms with Crippen molar-refractivity contribution in [3.05, 3.63) is 23.9 Å². The highest BCUT2D eigenvalue weighted by Gasteiger charge is 2.21. The van der Waals surface area contributed by atoms with E-state index in [0.29, 0.717) is 24.0 Å². The van der Waals surface area contributed by atoms with Gasteiger partial charge in [-0.3, -0.25) is 4.79 Å². The zero-order chi connectivity index (χ0) is 13.7. The Balaban J connectivity index is 1.84. The number of likely N-dealkylation sites (tertiary alicyclic amines) is 1. The van der Waals surface area contributed by atoms with Crippen LogP contribution in [0.3, 0.4) is 0 Å². The first kappa shape index (κ1) is 13.8. The van der Waals surface area contributed by atoms with Gasteiger partial charge in [0.2, 0.25) is 0 Å².